The van der Waals surface area contributed by atoms with Gasteiger partial charge in [0.2, 0.25) is 5.54 Å². The molecule has 1 aliphatic heterocycles. The fraction of sp³-hybridized carbons (Fsp3) is 0.429. The number of nitrogen functional groups attached to an aromatic ring is 1. The van der Waals surface area contributed by atoms with Crippen LogP contribution in [-0.4, -0.2) is 49.7 Å². The van der Waals surface area contributed by atoms with Crippen LogP contribution in [0.1, 0.15) is 5.56 Å². The fourth-order valence-electron chi connectivity index (χ4n) is 2.59. The molecule has 1 heterocycles. The Balaban J connectivity index is 2.52. The Morgan fingerprint density at radius 3 is 2.43 bits per heavy atom. The number of amides is 1. The molecule has 0 saturated carbocycles. The molecule has 1 amide bonds. The van der Waals surface area contributed by atoms with Gasteiger partial charge in [-0.15, -0.1) is 0 Å². The lowest BCUT2D eigenvalue weighted by atomic mass is 9.84. The Bertz CT molecular complexity index is 618. The molecule has 9 heteroatoms. The number of carbonyl (C=O) groups is 2. The van der Waals surface area contributed by atoms with Crippen molar-refractivity contribution in [2.75, 3.05) is 26.4 Å². The summed E-state index contributed by atoms with van der Waals surface area (Å²) in [6.45, 7) is -0.390. The average Bonchev–Trinajstić information content (AvgIpc) is 2.49. The Morgan fingerprint density at radius 2 is 1.96 bits per heavy atom. The monoisotopic (exact) mass is 331 g/mol. The third-order valence-electron chi connectivity index (χ3n) is 3.91. The quantitative estimate of drug-likeness (QED) is 0.613. The molecule has 0 radical (unpaired) electrons. The van der Waals surface area contributed by atoms with Crippen molar-refractivity contribution in [1.29, 1.82) is 0 Å². The number of hydrogen-bond acceptors (Lipinski definition) is 5. The number of hydrogen-bond donors (Lipinski definition) is 2. The fourth-order valence-corrected chi connectivity index (χ4v) is 2.59. The number of likely N-dealkylation sites (N-methyl/N-ethyl adjacent to an activating group) is 1. The first-order valence-corrected chi connectivity index (χ1v) is 6.68. The number of nitrogens with two attached hydrogens (primary N) is 1. The van der Waals surface area contributed by atoms with E-state index in [-0.39, 0.29) is 11.3 Å². The van der Waals surface area contributed by atoms with E-state index in [1.54, 1.807) is 0 Å². The van der Waals surface area contributed by atoms with Crippen molar-refractivity contribution in [2.45, 2.75) is 17.8 Å². The Hall–Kier alpha value is -2.29. The van der Waals surface area contributed by atoms with E-state index < -0.39 is 36.2 Å². The Kier molecular flexibility index (Phi) is 4.25. The topological polar surface area (TPSA) is 84.7 Å². The van der Waals surface area contributed by atoms with Gasteiger partial charge in [-0.25, -0.2) is 4.79 Å². The third kappa shape index (κ3) is 2.61. The molecule has 2 atom stereocenters. The first kappa shape index (κ1) is 17.1. The van der Waals surface area contributed by atoms with E-state index in [0.717, 1.165) is 31.2 Å². The lowest BCUT2D eigenvalue weighted by Gasteiger charge is -2.45. The Morgan fingerprint density at radius 1 is 1.39 bits per heavy atom. The predicted octanol–water partition coefficient (Wildman–Crippen LogP) is 0.630. The minimum absolute atomic E-state index is 0.273. The number of halogens is 3. The highest BCUT2D eigenvalue weighted by molar-refractivity contribution is 5.93. The van der Waals surface area contributed by atoms with Gasteiger partial charge in [0.1, 0.15) is 6.04 Å². The van der Waals surface area contributed by atoms with Crippen LogP contribution < -0.4 is 11.1 Å². The van der Waals surface area contributed by atoms with Crippen molar-refractivity contribution >= 4 is 17.6 Å². The van der Waals surface area contributed by atoms with Gasteiger partial charge in [-0.1, -0.05) is 12.1 Å². The van der Waals surface area contributed by atoms with Crippen molar-refractivity contribution in [3.63, 3.8) is 0 Å². The van der Waals surface area contributed by atoms with Crippen molar-refractivity contribution in [3.05, 3.63) is 29.8 Å². The summed E-state index contributed by atoms with van der Waals surface area (Å²) in [4.78, 5) is 24.9. The van der Waals surface area contributed by atoms with E-state index in [1.165, 1.54) is 12.1 Å². The SMILES string of the molecule is COC(=O)[C@@H]1CNC(c2ccc(N)cc2)(C(F)(F)F)C(=O)N1C. The van der Waals surface area contributed by atoms with E-state index in [2.05, 4.69) is 10.1 Å². The largest absolute Gasteiger partial charge is 0.467 e. The molecule has 1 aliphatic rings. The second kappa shape index (κ2) is 5.73. The van der Waals surface area contributed by atoms with Crippen LogP contribution in [0.5, 0.6) is 0 Å². The number of rotatable bonds is 2. The van der Waals surface area contributed by atoms with Crippen LogP contribution in [0.15, 0.2) is 24.3 Å². The lowest BCUT2D eigenvalue weighted by Crippen LogP contribution is -2.71. The number of nitrogens with one attached hydrogen (secondary N) is 1. The molecule has 126 valence electrons. The lowest BCUT2D eigenvalue weighted by molar-refractivity contribution is -0.217. The van der Waals surface area contributed by atoms with Gasteiger partial charge in [0.05, 0.1) is 7.11 Å². The summed E-state index contributed by atoms with van der Waals surface area (Å²) >= 11 is 0. The van der Waals surface area contributed by atoms with E-state index in [4.69, 9.17) is 5.73 Å². The standard InChI is InChI=1S/C14H16F3N3O3/c1-20-10(11(21)23-2)7-19-13(12(20)22,14(15,16)17)8-3-5-9(18)6-4-8/h3-6,10,19H,7,18H2,1-2H3/t10-,13?/m0/s1. The van der Waals surface area contributed by atoms with Crippen molar-refractivity contribution in [3.8, 4) is 0 Å². The van der Waals surface area contributed by atoms with Gasteiger partial charge in [0.25, 0.3) is 5.91 Å². The molecule has 1 fully saturated rings. The number of anilines is 1. The highest BCUT2D eigenvalue weighted by atomic mass is 19.4. The first-order valence-electron chi connectivity index (χ1n) is 6.68. The van der Waals surface area contributed by atoms with Crippen molar-refractivity contribution in [1.82, 2.24) is 10.2 Å². The summed E-state index contributed by atoms with van der Waals surface area (Å²) in [7, 11) is 2.24. The number of esters is 1. The van der Waals surface area contributed by atoms with Gasteiger partial charge in [0, 0.05) is 19.3 Å². The van der Waals surface area contributed by atoms with Gasteiger partial charge in [-0.05, 0) is 17.7 Å². The number of carbonyl (C=O) groups excluding carboxylic acids is 2. The van der Waals surface area contributed by atoms with Crippen molar-refractivity contribution < 1.29 is 27.5 Å². The zero-order chi connectivity index (χ0) is 17.4. The van der Waals surface area contributed by atoms with Gasteiger partial charge in [-0.2, -0.15) is 13.2 Å². The molecule has 23 heavy (non-hydrogen) atoms. The minimum atomic E-state index is -4.91. The average molecular weight is 331 g/mol. The van der Waals surface area contributed by atoms with Crippen LogP contribution in [0, 0.1) is 0 Å². The van der Waals surface area contributed by atoms with E-state index in [0.29, 0.717) is 0 Å². The summed E-state index contributed by atoms with van der Waals surface area (Å²) in [6.07, 6.45) is -4.91. The van der Waals surface area contributed by atoms with Crippen LogP contribution in [0.25, 0.3) is 0 Å². The molecule has 2 rings (SSSR count). The smallest absolute Gasteiger partial charge is 0.419 e. The molecule has 0 aliphatic carbocycles. The first-order chi connectivity index (χ1) is 10.6. The molecule has 1 aromatic rings. The molecule has 1 unspecified atom stereocenters. The normalized spacial score (nSPS) is 25.3. The minimum Gasteiger partial charge on any atom is -0.467 e. The summed E-state index contributed by atoms with van der Waals surface area (Å²) in [6, 6.07) is 3.71. The second-order valence-corrected chi connectivity index (χ2v) is 5.21. The number of piperazine rings is 1. The Labute approximate surface area is 130 Å². The van der Waals surface area contributed by atoms with Gasteiger partial charge in [0.15, 0.2) is 0 Å². The molecule has 0 bridgehead atoms. The number of methoxy groups -OCH3 is 1. The maximum Gasteiger partial charge on any atom is 0.419 e. The summed E-state index contributed by atoms with van der Waals surface area (Å²) < 4.78 is 45.8. The van der Waals surface area contributed by atoms with Gasteiger partial charge in [-0.3, -0.25) is 10.1 Å². The molecular formula is C14H16F3N3O3. The zero-order valence-electron chi connectivity index (χ0n) is 12.5. The summed E-state index contributed by atoms with van der Waals surface area (Å²) in [5.41, 5.74) is 2.54. The maximum atomic E-state index is 13.8. The molecule has 6 nitrogen and oxygen atoms in total. The number of benzene rings is 1. The number of ether oxygens (including phenoxy) is 1. The maximum absolute atomic E-state index is 13.8. The van der Waals surface area contributed by atoms with Gasteiger partial charge >= 0.3 is 12.1 Å². The van der Waals surface area contributed by atoms with Crippen LogP contribution in [0.4, 0.5) is 18.9 Å². The number of alkyl halides is 3. The molecule has 1 saturated heterocycles. The summed E-state index contributed by atoms with van der Waals surface area (Å²) in [5.74, 6) is -2.07. The molecular weight excluding hydrogens is 315 g/mol. The number of nitrogens with zero attached hydrogens (tertiary/aromatic N) is 1. The zero-order valence-corrected chi connectivity index (χ0v) is 12.5. The van der Waals surface area contributed by atoms with Crippen LogP contribution >= 0.6 is 0 Å². The molecule has 3 N–H and O–H groups in total. The second-order valence-electron chi connectivity index (χ2n) is 5.21. The van der Waals surface area contributed by atoms with Crippen molar-refractivity contribution in [2.24, 2.45) is 0 Å². The highest BCUT2D eigenvalue weighted by Gasteiger charge is 2.65. The molecule has 0 aromatic heterocycles. The van der Waals surface area contributed by atoms with Crippen LogP contribution in [0.2, 0.25) is 0 Å². The third-order valence-corrected chi connectivity index (χ3v) is 3.91. The van der Waals surface area contributed by atoms with E-state index in [9.17, 15) is 22.8 Å². The summed E-state index contributed by atoms with van der Waals surface area (Å²) in [5, 5.41) is 2.20. The van der Waals surface area contributed by atoms with Crippen LogP contribution in [-0.2, 0) is 19.9 Å². The molecule has 1 aromatic carbocycles. The van der Waals surface area contributed by atoms with E-state index >= 15 is 0 Å². The predicted molar refractivity (Wildman–Crippen MR) is 75.2 cm³/mol. The molecule has 0 spiro atoms. The van der Waals surface area contributed by atoms with Crippen LogP contribution in [0.3, 0.4) is 0 Å². The van der Waals surface area contributed by atoms with E-state index in [1.807, 2.05) is 0 Å². The highest BCUT2D eigenvalue weighted by Crippen LogP contribution is 2.42. The van der Waals surface area contributed by atoms with Gasteiger partial charge < -0.3 is 15.4 Å².